The van der Waals surface area contributed by atoms with Crippen molar-refractivity contribution in [1.82, 2.24) is 0 Å². The zero-order valence-corrected chi connectivity index (χ0v) is 11.4. The first-order valence-electron chi connectivity index (χ1n) is 6.73. The quantitative estimate of drug-likeness (QED) is 0.764. The van der Waals surface area contributed by atoms with Crippen molar-refractivity contribution in [3.05, 3.63) is 35.9 Å². The molecule has 0 aliphatic carbocycles. The standard InChI is InChI=1S/C15H20O4/c1-15(2)18-13(14(19-15)12-10-17-12)9-16-8-11-6-4-3-5-7-11/h3-7,12-14H,8-10H2,1-2H3/t12-,13-,14-/m1/s1. The van der Waals surface area contributed by atoms with Crippen LogP contribution in [-0.2, 0) is 25.6 Å². The van der Waals surface area contributed by atoms with Crippen LogP contribution >= 0.6 is 0 Å². The Balaban J connectivity index is 1.51. The summed E-state index contributed by atoms with van der Waals surface area (Å²) >= 11 is 0. The van der Waals surface area contributed by atoms with Crippen LogP contribution in [0.4, 0.5) is 0 Å². The van der Waals surface area contributed by atoms with Gasteiger partial charge in [0.15, 0.2) is 5.79 Å². The van der Waals surface area contributed by atoms with Crippen LogP contribution in [0.25, 0.3) is 0 Å². The number of hydrogen-bond donors (Lipinski definition) is 0. The van der Waals surface area contributed by atoms with E-state index in [4.69, 9.17) is 18.9 Å². The topological polar surface area (TPSA) is 40.2 Å². The first kappa shape index (κ1) is 13.1. The first-order chi connectivity index (χ1) is 9.14. The number of benzene rings is 1. The summed E-state index contributed by atoms with van der Waals surface area (Å²) in [6.07, 6.45) is 0.115. The van der Waals surface area contributed by atoms with E-state index in [9.17, 15) is 0 Å². The maximum atomic E-state index is 5.87. The van der Waals surface area contributed by atoms with Gasteiger partial charge in [0.1, 0.15) is 18.3 Å². The summed E-state index contributed by atoms with van der Waals surface area (Å²) in [5, 5.41) is 0. The van der Waals surface area contributed by atoms with Gasteiger partial charge in [-0.3, -0.25) is 0 Å². The molecule has 0 spiro atoms. The van der Waals surface area contributed by atoms with E-state index in [1.54, 1.807) is 0 Å². The summed E-state index contributed by atoms with van der Waals surface area (Å²) in [4.78, 5) is 0. The highest BCUT2D eigenvalue weighted by Gasteiger charge is 2.49. The molecule has 0 bridgehead atoms. The molecule has 0 amide bonds. The van der Waals surface area contributed by atoms with Crippen molar-refractivity contribution in [2.45, 2.75) is 44.6 Å². The lowest BCUT2D eigenvalue weighted by atomic mass is 10.1. The molecule has 4 heteroatoms. The van der Waals surface area contributed by atoms with E-state index in [0.29, 0.717) is 13.2 Å². The molecule has 2 saturated heterocycles. The predicted octanol–water partition coefficient (Wildman–Crippen LogP) is 2.12. The predicted molar refractivity (Wildman–Crippen MR) is 69.7 cm³/mol. The van der Waals surface area contributed by atoms with Crippen molar-refractivity contribution in [3.8, 4) is 0 Å². The molecule has 2 heterocycles. The van der Waals surface area contributed by atoms with Crippen LogP contribution in [0, 0.1) is 0 Å². The van der Waals surface area contributed by atoms with Gasteiger partial charge in [0, 0.05) is 0 Å². The van der Waals surface area contributed by atoms with E-state index < -0.39 is 5.79 Å². The molecular weight excluding hydrogens is 244 g/mol. The molecule has 3 rings (SSSR count). The molecule has 2 aliphatic rings. The Kier molecular flexibility index (Phi) is 3.58. The third kappa shape index (κ3) is 3.34. The molecule has 104 valence electrons. The first-order valence-corrected chi connectivity index (χ1v) is 6.73. The van der Waals surface area contributed by atoms with Gasteiger partial charge < -0.3 is 18.9 Å². The molecule has 0 aromatic heterocycles. The summed E-state index contributed by atoms with van der Waals surface area (Å²) in [5.41, 5.74) is 1.17. The molecular formula is C15H20O4. The van der Waals surface area contributed by atoms with E-state index in [1.165, 1.54) is 5.56 Å². The van der Waals surface area contributed by atoms with Crippen LogP contribution in [0.15, 0.2) is 30.3 Å². The number of rotatable bonds is 5. The van der Waals surface area contributed by atoms with Crippen molar-refractivity contribution in [2.24, 2.45) is 0 Å². The number of hydrogen-bond acceptors (Lipinski definition) is 4. The van der Waals surface area contributed by atoms with E-state index in [0.717, 1.165) is 6.61 Å². The highest BCUT2D eigenvalue weighted by atomic mass is 16.8. The average Bonchev–Trinajstić information content (AvgIpc) is 3.16. The zero-order valence-electron chi connectivity index (χ0n) is 11.4. The van der Waals surface area contributed by atoms with Gasteiger partial charge in [0.25, 0.3) is 0 Å². The molecule has 0 saturated carbocycles. The number of ether oxygens (including phenoxy) is 4. The average molecular weight is 264 g/mol. The molecule has 1 aromatic carbocycles. The van der Waals surface area contributed by atoms with Crippen molar-refractivity contribution >= 4 is 0 Å². The second kappa shape index (κ2) is 5.21. The Morgan fingerprint density at radius 1 is 1.21 bits per heavy atom. The maximum absolute atomic E-state index is 5.87. The Hall–Kier alpha value is -0.940. The van der Waals surface area contributed by atoms with Crippen LogP contribution in [0.2, 0.25) is 0 Å². The SMILES string of the molecule is CC1(C)O[C@H]([C@H]2CO2)[C@@H](COCc2ccccc2)O1. The van der Waals surface area contributed by atoms with Gasteiger partial charge in [-0.1, -0.05) is 30.3 Å². The lowest BCUT2D eigenvalue weighted by Crippen LogP contribution is -2.32. The molecule has 0 radical (unpaired) electrons. The smallest absolute Gasteiger partial charge is 0.164 e. The summed E-state index contributed by atoms with van der Waals surface area (Å²) in [5.74, 6) is -0.544. The zero-order chi connectivity index (χ0) is 13.3. The minimum Gasteiger partial charge on any atom is -0.374 e. The highest BCUT2D eigenvalue weighted by Crippen LogP contribution is 2.34. The van der Waals surface area contributed by atoms with Crippen LogP contribution in [-0.4, -0.2) is 37.3 Å². The lowest BCUT2D eigenvalue weighted by molar-refractivity contribution is -0.152. The second-order valence-corrected chi connectivity index (χ2v) is 5.51. The molecule has 0 N–H and O–H groups in total. The summed E-state index contributed by atoms with van der Waals surface area (Å²) in [6, 6.07) is 10.1. The summed E-state index contributed by atoms with van der Waals surface area (Å²) in [7, 11) is 0. The molecule has 1 aromatic rings. The van der Waals surface area contributed by atoms with Crippen molar-refractivity contribution in [3.63, 3.8) is 0 Å². The maximum Gasteiger partial charge on any atom is 0.164 e. The summed E-state index contributed by atoms with van der Waals surface area (Å²) < 4.78 is 22.8. The fourth-order valence-electron chi connectivity index (χ4n) is 2.42. The van der Waals surface area contributed by atoms with E-state index >= 15 is 0 Å². The highest BCUT2D eigenvalue weighted by molar-refractivity contribution is 5.13. The van der Waals surface area contributed by atoms with Crippen LogP contribution < -0.4 is 0 Å². The molecule has 2 aliphatic heterocycles. The fraction of sp³-hybridized carbons (Fsp3) is 0.600. The molecule has 19 heavy (non-hydrogen) atoms. The minimum atomic E-state index is -0.544. The normalized spacial score (nSPS) is 32.4. The minimum absolute atomic E-state index is 0.00854. The lowest BCUT2D eigenvalue weighted by Gasteiger charge is -2.16. The van der Waals surface area contributed by atoms with Gasteiger partial charge in [-0.15, -0.1) is 0 Å². The third-order valence-corrected chi connectivity index (χ3v) is 3.34. The van der Waals surface area contributed by atoms with Crippen molar-refractivity contribution in [1.29, 1.82) is 0 Å². The fourth-order valence-corrected chi connectivity index (χ4v) is 2.42. The van der Waals surface area contributed by atoms with E-state index in [1.807, 2.05) is 32.0 Å². The van der Waals surface area contributed by atoms with Gasteiger partial charge in [0.2, 0.25) is 0 Å². The Labute approximate surface area is 113 Å². The largest absolute Gasteiger partial charge is 0.374 e. The monoisotopic (exact) mass is 264 g/mol. The van der Waals surface area contributed by atoms with Gasteiger partial charge in [-0.05, 0) is 19.4 Å². The van der Waals surface area contributed by atoms with E-state index in [-0.39, 0.29) is 18.3 Å². The van der Waals surface area contributed by atoms with Crippen LogP contribution in [0.5, 0.6) is 0 Å². The van der Waals surface area contributed by atoms with Gasteiger partial charge in [-0.2, -0.15) is 0 Å². The molecule has 4 nitrogen and oxygen atoms in total. The van der Waals surface area contributed by atoms with Crippen molar-refractivity contribution < 1.29 is 18.9 Å². The Bertz CT molecular complexity index is 413. The van der Waals surface area contributed by atoms with Crippen molar-refractivity contribution in [2.75, 3.05) is 13.2 Å². The van der Waals surface area contributed by atoms with Crippen LogP contribution in [0.3, 0.4) is 0 Å². The molecule has 3 atom stereocenters. The Morgan fingerprint density at radius 2 is 1.95 bits per heavy atom. The van der Waals surface area contributed by atoms with Gasteiger partial charge >= 0.3 is 0 Å². The van der Waals surface area contributed by atoms with Crippen LogP contribution in [0.1, 0.15) is 19.4 Å². The van der Waals surface area contributed by atoms with E-state index in [2.05, 4.69) is 12.1 Å². The molecule has 2 fully saturated rings. The molecule has 0 unspecified atom stereocenters. The van der Waals surface area contributed by atoms with Gasteiger partial charge in [-0.25, -0.2) is 0 Å². The van der Waals surface area contributed by atoms with Gasteiger partial charge in [0.05, 0.1) is 19.8 Å². The third-order valence-electron chi connectivity index (χ3n) is 3.34. The number of epoxide rings is 1. The Morgan fingerprint density at radius 3 is 2.63 bits per heavy atom. The second-order valence-electron chi connectivity index (χ2n) is 5.51. The summed E-state index contributed by atoms with van der Waals surface area (Å²) in [6.45, 7) is 5.75.